The molecule has 4 heteroatoms. The fourth-order valence-corrected chi connectivity index (χ4v) is 12.3. The molecule has 10 atom stereocenters. The van der Waals surface area contributed by atoms with Gasteiger partial charge in [-0.2, -0.15) is 0 Å². The molecule has 0 spiro atoms. The molecule has 0 radical (unpaired) electrons. The van der Waals surface area contributed by atoms with Crippen LogP contribution in [0.15, 0.2) is 0 Å². The van der Waals surface area contributed by atoms with E-state index < -0.39 is 0 Å². The molecule has 0 aliphatic heterocycles. The van der Waals surface area contributed by atoms with Gasteiger partial charge in [0.15, 0.2) is 0 Å². The lowest BCUT2D eigenvalue weighted by molar-refractivity contribution is -0.136. The second-order valence-corrected chi connectivity index (χ2v) is 19.8. The fraction of sp³-hybridized carbons (Fsp3) is 1.00. The molecule has 0 heterocycles. The average Bonchev–Trinajstić information content (AvgIpc) is 3.46. The normalized spacial score (nSPS) is 33.3. The van der Waals surface area contributed by atoms with Gasteiger partial charge in [-0.15, -0.1) is 0 Å². The minimum atomic E-state index is 0.357. The third kappa shape index (κ3) is 12.7. The molecule has 2 unspecified atom stereocenters. The van der Waals surface area contributed by atoms with Gasteiger partial charge in [-0.25, -0.2) is 0 Å². The molecule has 51 heavy (non-hydrogen) atoms. The minimum absolute atomic E-state index is 0.357. The Bertz CT molecular complexity index is 923. The highest BCUT2D eigenvalue weighted by atomic mass is 16.5. The van der Waals surface area contributed by atoms with E-state index in [1.807, 2.05) is 0 Å². The first-order valence-corrected chi connectivity index (χ1v) is 23.0. The molecule has 0 aromatic rings. The standard InChI is InChI=1S/C47H89NO3/c1-9-10-11-14-17-31-49-35-40(48(7)8)36-50-32-18-15-12-13-16-19-33-51-41-27-29-46(5)39(34-41)23-24-42-44-26-25-43(38(4)22-20-21-37(2)3)47(44,6)30-28-45(42)46/h37-45H,9-36H2,1-8H3/t38-,39?,40-,41?,42+,43-,44+,45+,46+,47-/m1/s1. The average molecular weight is 716 g/mol. The van der Waals surface area contributed by atoms with Crippen molar-refractivity contribution in [2.45, 2.75) is 201 Å². The van der Waals surface area contributed by atoms with Crippen LogP contribution in [0.1, 0.15) is 189 Å². The third-order valence-corrected chi connectivity index (χ3v) is 15.6. The van der Waals surface area contributed by atoms with Crippen molar-refractivity contribution in [2.24, 2.45) is 52.3 Å². The van der Waals surface area contributed by atoms with E-state index in [9.17, 15) is 0 Å². The summed E-state index contributed by atoms with van der Waals surface area (Å²) in [5.74, 6) is 6.64. The quantitative estimate of drug-likeness (QED) is 0.0834. The van der Waals surface area contributed by atoms with Crippen LogP contribution in [0, 0.1) is 52.3 Å². The van der Waals surface area contributed by atoms with Crippen molar-refractivity contribution in [3.8, 4) is 0 Å². The van der Waals surface area contributed by atoms with Crippen LogP contribution in [0.25, 0.3) is 0 Å². The van der Waals surface area contributed by atoms with Gasteiger partial charge in [0.1, 0.15) is 0 Å². The molecular weight excluding hydrogens is 627 g/mol. The topological polar surface area (TPSA) is 30.9 Å². The van der Waals surface area contributed by atoms with E-state index in [1.54, 1.807) is 0 Å². The van der Waals surface area contributed by atoms with E-state index in [0.717, 1.165) is 74.5 Å². The monoisotopic (exact) mass is 716 g/mol. The number of fused-ring (bicyclic) bond motifs is 5. The van der Waals surface area contributed by atoms with E-state index >= 15 is 0 Å². The second kappa shape index (κ2) is 22.4. The molecule has 0 saturated heterocycles. The molecule has 4 aliphatic carbocycles. The summed E-state index contributed by atoms with van der Waals surface area (Å²) in [6.45, 7) is 19.5. The Labute approximate surface area is 319 Å². The van der Waals surface area contributed by atoms with Crippen LogP contribution in [0.2, 0.25) is 0 Å². The number of likely N-dealkylation sites (N-methyl/N-ethyl adjacent to an activating group) is 1. The molecule has 4 rings (SSSR count). The molecule has 4 saturated carbocycles. The highest BCUT2D eigenvalue weighted by Gasteiger charge is 2.60. The Morgan fingerprint density at radius 3 is 1.88 bits per heavy atom. The van der Waals surface area contributed by atoms with Gasteiger partial charge in [-0.05, 0) is 143 Å². The Morgan fingerprint density at radius 2 is 1.24 bits per heavy atom. The van der Waals surface area contributed by atoms with E-state index in [-0.39, 0.29) is 0 Å². The molecule has 4 aliphatic rings. The summed E-state index contributed by atoms with van der Waals surface area (Å²) in [5.41, 5.74) is 1.19. The van der Waals surface area contributed by atoms with Gasteiger partial charge in [-0.3, -0.25) is 0 Å². The zero-order valence-electron chi connectivity index (χ0n) is 35.7. The molecule has 300 valence electrons. The molecule has 0 aromatic carbocycles. The van der Waals surface area contributed by atoms with Gasteiger partial charge in [-0.1, -0.05) is 112 Å². The highest BCUT2D eigenvalue weighted by Crippen LogP contribution is 2.68. The number of unbranched alkanes of at least 4 members (excludes halogenated alkanes) is 9. The van der Waals surface area contributed by atoms with Crippen molar-refractivity contribution in [1.82, 2.24) is 4.90 Å². The van der Waals surface area contributed by atoms with E-state index in [0.29, 0.717) is 23.0 Å². The Morgan fingerprint density at radius 1 is 0.627 bits per heavy atom. The molecule has 0 amide bonds. The van der Waals surface area contributed by atoms with Gasteiger partial charge in [0.2, 0.25) is 0 Å². The van der Waals surface area contributed by atoms with Crippen molar-refractivity contribution in [3.05, 3.63) is 0 Å². The SMILES string of the molecule is CCCCCCCOC[C@H](COCCCCCCCCOC1CC[C@@]2(C)C(CC[C@H]3[C@@H]4CC[C@H]([C@H](C)CCCC(C)C)[C@@]4(C)CC[C@@H]32)C1)N(C)C. The van der Waals surface area contributed by atoms with E-state index in [4.69, 9.17) is 14.2 Å². The lowest BCUT2D eigenvalue weighted by atomic mass is 9.44. The van der Waals surface area contributed by atoms with Gasteiger partial charge in [0.25, 0.3) is 0 Å². The first kappa shape index (κ1) is 43.6. The van der Waals surface area contributed by atoms with Crippen molar-refractivity contribution in [1.29, 1.82) is 0 Å². The predicted molar refractivity (Wildman–Crippen MR) is 218 cm³/mol. The maximum Gasteiger partial charge on any atom is 0.0644 e. The summed E-state index contributed by atoms with van der Waals surface area (Å²) in [5, 5.41) is 0. The summed E-state index contributed by atoms with van der Waals surface area (Å²) < 4.78 is 18.6. The zero-order valence-corrected chi connectivity index (χ0v) is 35.7. The van der Waals surface area contributed by atoms with Gasteiger partial charge < -0.3 is 19.1 Å². The van der Waals surface area contributed by atoms with E-state index in [1.165, 1.54) is 148 Å². The maximum atomic E-state index is 6.61. The van der Waals surface area contributed by atoms with Gasteiger partial charge in [0.05, 0.1) is 25.4 Å². The lowest BCUT2D eigenvalue weighted by Crippen LogP contribution is -2.54. The smallest absolute Gasteiger partial charge is 0.0644 e. The van der Waals surface area contributed by atoms with Crippen LogP contribution in [0.5, 0.6) is 0 Å². The largest absolute Gasteiger partial charge is 0.380 e. The number of hydrogen-bond donors (Lipinski definition) is 0. The van der Waals surface area contributed by atoms with Crippen LogP contribution in [-0.4, -0.2) is 64.2 Å². The molecule has 0 aromatic heterocycles. The van der Waals surface area contributed by atoms with E-state index in [2.05, 4.69) is 60.5 Å². The highest BCUT2D eigenvalue weighted by molar-refractivity contribution is 5.09. The van der Waals surface area contributed by atoms with Crippen LogP contribution < -0.4 is 0 Å². The molecule has 0 N–H and O–H groups in total. The van der Waals surface area contributed by atoms with Crippen LogP contribution in [0.4, 0.5) is 0 Å². The summed E-state index contributed by atoms with van der Waals surface area (Å²) >= 11 is 0. The Kier molecular flexibility index (Phi) is 19.1. The number of rotatable bonds is 26. The van der Waals surface area contributed by atoms with Crippen molar-refractivity contribution in [2.75, 3.05) is 47.1 Å². The summed E-state index contributed by atoms with van der Waals surface area (Å²) in [6.07, 6.45) is 32.1. The lowest BCUT2D eigenvalue weighted by Gasteiger charge is -2.61. The van der Waals surface area contributed by atoms with Crippen molar-refractivity contribution >= 4 is 0 Å². The fourth-order valence-electron chi connectivity index (χ4n) is 12.3. The van der Waals surface area contributed by atoms with Crippen LogP contribution in [0.3, 0.4) is 0 Å². The minimum Gasteiger partial charge on any atom is -0.380 e. The maximum absolute atomic E-state index is 6.61. The van der Waals surface area contributed by atoms with Crippen LogP contribution in [-0.2, 0) is 14.2 Å². The second-order valence-electron chi connectivity index (χ2n) is 19.8. The van der Waals surface area contributed by atoms with Gasteiger partial charge in [0, 0.05) is 19.8 Å². The summed E-state index contributed by atoms with van der Waals surface area (Å²) in [4.78, 5) is 2.25. The Hall–Kier alpha value is -0.160. The number of hydrogen-bond acceptors (Lipinski definition) is 4. The molecule has 4 fully saturated rings. The van der Waals surface area contributed by atoms with Crippen LogP contribution >= 0.6 is 0 Å². The first-order chi connectivity index (χ1) is 24.6. The first-order valence-electron chi connectivity index (χ1n) is 23.0. The number of ether oxygens (including phenoxy) is 3. The number of nitrogens with zero attached hydrogens (tertiary/aromatic N) is 1. The zero-order chi connectivity index (χ0) is 36.7. The van der Waals surface area contributed by atoms with Crippen molar-refractivity contribution < 1.29 is 14.2 Å². The Balaban J connectivity index is 1.04. The van der Waals surface area contributed by atoms with Gasteiger partial charge >= 0.3 is 0 Å². The predicted octanol–water partition coefficient (Wildman–Crippen LogP) is 12.8. The molecule has 4 nitrogen and oxygen atoms in total. The molecule has 0 bridgehead atoms. The van der Waals surface area contributed by atoms with Crippen molar-refractivity contribution in [3.63, 3.8) is 0 Å². The molecular formula is C47H89NO3. The summed E-state index contributed by atoms with van der Waals surface area (Å²) in [6, 6.07) is 0.357. The summed E-state index contributed by atoms with van der Waals surface area (Å²) in [7, 11) is 4.28. The third-order valence-electron chi connectivity index (χ3n) is 15.6.